The predicted octanol–water partition coefficient (Wildman–Crippen LogP) is 1.97. The van der Waals surface area contributed by atoms with Gasteiger partial charge in [-0.2, -0.15) is 0 Å². The van der Waals surface area contributed by atoms with Crippen molar-refractivity contribution in [2.24, 2.45) is 11.7 Å². The summed E-state index contributed by atoms with van der Waals surface area (Å²) in [5.41, 5.74) is 5.66. The normalized spacial score (nSPS) is 19.6. The number of nitrogens with two attached hydrogens (primary N) is 1. The second kappa shape index (κ2) is 5.25. The van der Waals surface area contributed by atoms with Crippen LogP contribution in [-0.4, -0.2) is 29.5 Å². The molecule has 0 radical (unpaired) electrons. The van der Waals surface area contributed by atoms with Crippen molar-refractivity contribution in [1.82, 2.24) is 9.88 Å². The molecule has 0 spiro atoms. The summed E-state index contributed by atoms with van der Waals surface area (Å²) < 4.78 is 0.641. The molecule has 0 atom stereocenters. The van der Waals surface area contributed by atoms with Gasteiger partial charge in [-0.15, -0.1) is 11.3 Å². The highest BCUT2D eigenvalue weighted by Crippen LogP contribution is 2.22. The van der Waals surface area contributed by atoms with Crippen molar-refractivity contribution in [3.63, 3.8) is 0 Å². The molecule has 0 aromatic carbocycles. The lowest BCUT2D eigenvalue weighted by molar-refractivity contribution is 0.182. The molecule has 1 aliphatic heterocycles. The number of nitrogens with zero attached hydrogens (tertiary/aromatic N) is 2. The van der Waals surface area contributed by atoms with Crippen molar-refractivity contribution in [2.45, 2.75) is 19.4 Å². The lowest BCUT2D eigenvalue weighted by atomic mass is 9.97. The fourth-order valence-electron chi connectivity index (χ4n) is 1.96. The van der Waals surface area contributed by atoms with Gasteiger partial charge in [-0.05, 0) is 38.4 Å². The van der Waals surface area contributed by atoms with Crippen LogP contribution >= 0.6 is 22.9 Å². The SMILES string of the molecule is NCC1CCN(Cc2cnc(Cl)s2)CC1. The van der Waals surface area contributed by atoms with Crippen molar-refractivity contribution in [3.8, 4) is 0 Å². The molecule has 84 valence electrons. The average molecular weight is 246 g/mol. The number of likely N-dealkylation sites (tertiary alicyclic amines) is 1. The molecular formula is C10H16ClN3S. The van der Waals surface area contributed by atoms with E-state index in [-0.39, 0.29) is 0 Å². The maximum Gasteiger partial charge on any atom is 0.183 e. The van der Waals surface area contributed by atoms with Crippen LogP contribution in [0.5, 0.6) is 0 Å². The number of thiazole rings is 1. The fraction of sp³-hybridized carbons (Fsp3) is 0.700. The summed E-state index contributed by atoms with van der Waals surface area (Å²) in [6, 6.07) is 0. The Hall–Kier alpha value is -0.160. The highest BCUT2D eigenvalue weighted by molar-refractivity contribution is 7.15. The molecule has 0 amide bonds. The third-order valence-electron chi connectivity index (χ3n) is 2.95. The van der Waals surface area contributed by atoms with E-state index in [0.29, 0.717) is 4.47 Å². The first-order chi connectivity index (χ1) is 7.28. The molecule has 15 heavy (non-hydrogen) atoms. The summed E-state index contributed by atoms with van der Waals surface area (Å²) in [6.07, 6.45) is 4.33. The van der Waals surface area contributed by atoms with Gasteiger partial charge in [0.1, 0.15) is 0 Å². The monoisotopic (exact) mass is 245 g/mol. The number of aromatic nitrogens is 1. The third kappa shape index (κ3) is 3.14. The van der Waals surface area contributed by atoms with E-state index in [1.807, 2.05) is 6.20 Å². The Morgan fingerprint density at radius 2 is 2.27 bits per heavy atom. The van der Waals surface area contributed by atoms with Gasteiger partial charge >= 0.3 is 0 Å². The molecule has 0 saturated carbocycles. The number of hydrogen-bond acceptors (Lipinski definition) is 4. The van der Waals surface area contributed by atoms with E-state index in [0.717, 1.165) is 32.1 Å². The van der Waals surface area contributed by atoms with Gasteiger partial charge in [0, 0.05) is 17.6 Å². The number of halogens is 1. The molecule has 2 rings (SSSR count). The van der Waals surface area contributed by atoms with Crippen LogP contribution in [0.3, 0.4) is 0 Å². The first-order valence-electron chi connectivity index (χ1n) is 5.30. The summed E-state index contributed by atoms with van der Waals surface area (Å²) >= 11 is 7.37. The van der Waals surface area contributed by atoms with Crippen molar-refractivity contribution in [1.29, 1.82) is 0 Å². The van der Waals surface area contributed by atoms with E-state index < -0.39 is 0 Å². The summed E-state index contributed by atoms with van der Waals surface area (Å²) in [5, 5.41) is 0. The van der Waals surface area contributed by atoms with E-state index >= 15 is 0 Å². The van der Waals surface area contributed by atoms with Gasteiger partial charge in [0.2, 0.25) is 0 Å². The van der Waals surface area contributed by atoms with Crippen LogP contribution in [-0.2, 0) is 6.54 Å². The fourth-order valence-corrected chi connectivity index (χ4v) is 2.98. The molecule has 0 bridgehead atoms. The summed E-state index contributed by atoms with van der Waals surface area (Å²) in [5.74, 6) is 0.728. The van der Waals surface area contributed by atoms with Crippen LogP contribution in [0, 0.1) is 5.92 Å². The van der Waals surface area contributed by atoms with Crippen LogP contribution in [0.15, 0.2) is 6.20 Å². The summed E-state index contributed by atoms with van der Waals surface area (Å²) in [4.78, 5) is 7.76. The zero-order chi connectivity index (χ0) is 10.7. The minimum atomic E-state index is 0.641. The van der Waals surface area contributed by atoms with Crippen LogP contribution in [0.2, 0.25) is 4.47 Å². The van der Waals surface area contributed by atoms with E-state index in [2.05, 4.69) is 9.88 Å². The van der Waals surface area contributed by atoms with Crippen LogP contribution in [0.25, 0.3) is 0 Å². The molecule has 5 heteroatoms. The molecule has 1 aromatic heterocycles. The standard InChI is InChI=1S/C10H16ClN3S/c11-10-13-6-9(15-10)7-14-3-1-8(5-12)2-4-14/h6,8H,1-5,7,12H2. The van der Waals surface area contributed by atoms with Gasteiger partial charge in [-0.1, -0.05) is 11.6 Å². The Balaban J connectivity index is 1.82. The maximum atomic E-state index is 5.80. The van der Waals surface area contributed by atoms with Gasteiger partial charge in [-0.3, -0.25) is 4.90 Å². The quantitative estimate of drug-likeness (QED) is 0.886. The highest BCUT2D eigenvalue weighted by atomic mass is 35.5. The Morgan fingerprint density at radius 3 is 2.80 bits per heavy atom. The van der Waals surface area contributed by atoms with E-state index in [9.17, 15) is 0 Å². The molecule has 2 heterocycles. The van der Waals surface area contributed by atoms with Crippen LogP contribution in [0.4, 0.5) is 0 Å². The lowest BCUT2D eigenvalue weighted by Crippen LogP contribution is -2.35. The molecular weight excluding hydrogens is 230 g/mol. The van der Waals surface area contributed by atoms with Gasteiger partial charge in [0.15, 0.2) is 4.47 Å². The Morgan fingerprint density at radius 1 is 1.53 bits per heavy atom. The average Bonchev–Trinajstić information content (AvgIpc) is 2.65. The van der Waals surface area contributed by atoms with E-state index in [1.54, 1.807) is 11.3 Å². The number of rotatable bonds is 3. The zero-order valence-electron chi connectivity index (χ0n) is 8.66. The van der Waals surface area contributed by atoms with Crippen LogP contribution in [0.1, 0.15) is 17.7 Å². The van der Waals surface area contributed by atoms with E-state index in [4.69, 9.17) is 17.3 Å². The number of piperidine rings is 1. The molecule has 3 nitrogen and oxygen atoms in total. The number of hydrogen-bond donors (Lipinski definition) is 1. The van der Waals surface area contributed by atoms with Crippen molar-refractivity contribution in [2.75, 3.05) is 19.6 Å². The van der Waals surface area contributed by atoms with Gasteiger partial charge in [0.05, 0.1) is 0 Å². The van der Waals surface area contributed by atoms with Crippen LogP contribution < -0.4 is 5.73 Å². The van der Waals surface area contributed by atoms with E-state index in [1.165, 1.54) is 17.7 Å². The molecule has 1 fully saturated rings. The Bertz CT molecular complexity index is 307. The van der Waals surface area contributed by atoms with Gasteiger partial charge in [0.25, 0.3) is 0 Å². The van der Waals surface area contributed by atoms with Gasteiger partial charge in [-0.25, -0.2) is 4.98 Å². The topological polar surface area (TPSA) is 42.1 Å². The minimum Gasteiger partial charge on any atom is -0.330 e. The largest absolute Gasteiger partial charge is 0.330 e. The lowest BCUT2D eigenvalue weighted by Gasteiger charge is -2.30. The molecule has 0 aliphatic carbocycles. The molecule has 0 unspecified atom stereocenters. The molecule has 1 aliphatic rings. The van der Waals surface area contributed by atoms with Crippen molar-refractivity contribution < 1.29 is 0 Å². The van der Waals surface area contributed by atoms with Crippen molar-refractivity contribution in [3.05, 3.63) is 15.5 Å². The summed E-state index contributed by atoms with van der Waals surface area (Å²) in [6.45, 7) is 4.12. The zero-order valence-corrected chi connectivity index (χ0v) is 10.2. The second-order valence-corrected chi connectivity index (χ2v) is 5.73. The first-order valence-corrected chi connectivity index (χ1v) is 6.50. The maximum absolute atomic E-state index is 5.80. The minimum absolute atomic E-state index is 0.641. The predicted molar refractivity (Wildman–Crippen MR) is 64.2 cm³/mol. The molecule has 2 N–H and O–H groups in total. The molecule has 1 aromatic rings. The van der Waals surface area contributed by atoms with Crippen molar-refractivity contribution >= 4 is 22.9 Å². The summed E-state index contributed by atoms with van der Waals surface area (Å²) in [7, 11) is 0. The van der Waals surface area contributed by atoms with Gasteiger partial charge < -0.3 is 5.73 Å². The Labute approximate surface area is 99.2 Å². The first kappa shape index (κ1) is 11.3. The third-order valence-corrected chi connectivity index (χ3v) is 4.04. The smallest absolute Gasteiger partial charge is 0.183 e. The Kier molecular flexibility index (Phi) is 3.97. The highest BCUT2D eigenvalue weighted by Gasteiger charge is 2.18. The second-order valence-electron chi connectivity index (χ2n) is 4.03. The molecule has 1 saturated heterocycles.